The van der Waals surface area contributed by atoms with E-state index in [-0.39, 0.29) is 28.2 Å². The molecule has 1 amide bonds. The molecule has 0 saturated carbocycles. The van der Waals surface area contributed by atoms with Crippen molar-refractivity contribution in [1.29, 1.82) is 0 Å². The summed E-state index contributed by atoms with van der Waals surface area (Å²) in [6, 6.07) is 15.6. The van der Waals surface area contributed by atoms with Gasteiger partial charge in [-0.25, -0.2) is 9.67 Å². The molecule has 1 aliphatic heterocycles. The van der Waals surface area contributed by atoms with Gasteiger partial charge < -0.3 is 9.88 Å². The Balaban J connectivity index is 1.43. The molecule has 34 heavy (non-hydrogen) atoms. The molecule has 172 valence electrons. The van der Waals surface area contributed by atoms with E-state index in [0.29, 0.717) is 37.5 Å². The first-order valence-corrected chi connectivity index (χ1v) is 10.9. The minimum absolute atomic E-state index is 0.0511. The number of nitrogens with zero attached hydrogens (tertiary/aromatic N) is 6. The van der Waals surface area contributed by atoms with Crippen LogP contribution in [0.25, 0.3) is 11.2 Å². The summed E-state index contributed by atoms with van der Waals surface area (Å²) in [4.78, 5) is 45.7. The van der Waals surface area contributed by atoms with Gasteiger partial charge in [-0.15, -0.1) is 5.10 Å². The van der Waals surface area contributed by atoms with Gasteiger partial charge in [0.2, 0.25) is 0 Å². The number of hydrogen-bond donors (Lipinski definition) is 1. The quantitative estimate of drug-likeness (QED) is 0.357. The summed E-state index contributed by atoms with van der Waals surface area (Å²) in [6.07, 6.45) is 1.40. The van der Waals surface area contributed by atoms with Crippen LogP contribution in [0.3, 0.4) is 0 Å². The van der Waals surface area contributed by atoms with Crippen LogP contribution >= 0.6 is 0 Å². The number of nitro groups is 1. The molecule has 0 radical (unpaired) electrons. The third kappa shape index (κ3) is 4.03. The van der Waals surface area contributed by atoms with E-state index in [1.807, 2.05) is 30.3 Å². The van der Waals surface area contributed by atoms with E-state index in [4.69, 9.17) is 0 Å². The smallest absolute Gasteiger partial charge is 0.282 e. The Hall–Kier alpha value is -4.41. The Morgan fingerprint density at radius 2 is 1.91 bits per heavy atom. The molecule has 1 fully saturated rings. The molecule has 0 unspecified atom stereocenters. The molecule has 11 heteroatoms. The van der Waals surface area contributed by atoms with Crippen LogP contribution in [0.4, 0.5) is 5.69 Å². The van der Waals surface area contributed by atoms with E-state index >= 15 is 0 Å². The fraction of sp³-hybridized carbons (Fsp3) is 0.261. The van der Waals surface area contributed by atoms with E-state index in [9.17, 15) is 19.7 Å². The maximum absolute atomic E-state index is 13.1. The SMILES string of the molecule is O=C(c1ccccc1[N+](=O)[O-])N1CCC[C@@H](c2nc3c(nnn3Cc3ccccc3)c(=O)[nH]2)C1. The van der Waals surface area contributed by atoms with Crippen molar-refractivity contribution in [3.63, 3.8) is 0 Å². The van der Waals surface area contributed by atoms with Crippen LogP contribution < -0.4 is 5.56 Å². The minimum Gasteiger partial charge on any atom is -0.338 e. The molecule has 2 aromatic carbocycles. The van der Waals surface area contributed by atoms with Gasteiger partial charge in [0.15, 0.2) is 11.2 Å². The third-order valence-electron chi connectivity index (χ3n) is 5.99. The second-order valence-electron chi connectivity index (χ2n) is 8.22. The lowest BCUT2D eigenvalue weighted by Crippen LogP contribution is -2.40. The van der Waals surface area contributed by atoms with E-state index < -0.39 is 10.8 Å². The number of benzene rings is 2. The topological polar surface area (TPSA) is 140 Å². The number of hydrogen-bond acceptors (Lipinski definition) is 7. The number of aromatic nitrogens is 5. The second-order valence-corrected chi connectivity index (χ2v) is 8.22. The van der Waals surface area contributed by atoms with E-state index in [1.165, 1.54) is 18.2 Å². The van der Waals surface area contributed by atoms with Gasteiger partial charge in [-0.2, -0.15) is 0 Å². The maximum Gasteiger partial charge on any atom is 0.282 e. The summed E-state index contributed by atoms with van der Waals surface area (Å²) in [7, 11) is 0. The van der Waals surface area contributed by atoms with Crippen LogP contribution in [-0.4, -0.2) is 53.8 Å². The van der Waals surface area contributed by atoms with Gasteiger partial charge in [0.1, 0.15) is 11.4 Å². The van der Waals surface area contributed by atoms with Gasteiger partial charge >= 0.3 is 0 Å². The molecule has 11 nitrogen and oxygen atoms in total. The number of H-pyrrole nitrogens is 1. The number of fused-ring (bicyclic) bond motifs is 1. The van der Waals surface area contributed by atoms with Crippen LogP contribution in [0.15, 0.2) is 59.4 Å². The molecule has 0 bridgehead atoms. The molecule has 2 aromatic heterocycles. The Bertz CT molecular complexity index is 1430. The first kappa shape index (κ1) is 21.4. The normalized spacial score (nSPS) is 16.0. The number of para-hydroxylation sites is 1. The lowest BCUT2D eigenvalue weighted by atomic mass is 9.96. The molecular formula is C23H21N7O4. The maximum atomic E-state index is 13.1. The fourth-order valence-corrected chi connectivity index (χ4v) is 4.31. The number of rotatable bonds is 5. The number of likely N-dealkylation sites (tertiary alicyclic amines) is 1. The van der Waals surface area contributed by atoms with Crippen LogP contribution in [0, 0.1) is 10.1 Å². The van der Waals surface area contributed by atoms with Crippen LogP contribution in [0.1, 0.15) is 40.5 Å². The lowest BCUT2D eigenvalue weighted by molar-refractivity contribution is -0.385. The van der Waals surface area contributed by atoms with Crippen molar-refractivity contribution in [1.82, 2.24) is 29.9 Å². The highest BCUT2D eigenvalue weighted by molar-refractivity contribution is 5.98. The number of piperidine rings is 1. The molecule has 1 saturated heterocycles. The average Bonchev–Trinajstić information content (AvgIpc) is 3.27. The van der Waals surface area contributed by atoms with E-state index in [0.717, 1.165) is 12.0 Å². The molecule has 5 rings (SSSR count). The van der Waals surface area contributed by atoms with Crippen LogP contribution in [0.5, 0.6) is 0 Å². The number of aromatic amines is 1. The third-order valence-corrected chi connectivity index (χ3v) is 5.99. The second kappa shape index (κ2) is 8.85. The van der Waals surface area contributed by atoms with Gasteiger partial charge in [-0.1, -0.05) is 47.7 Å². The summed E-state index contributed by atoms with van der Waals surface area (Å²) >= 11 is 0. The highest BCUT2D eigenvalue weighted by Crippen LogP contribution is 2.28. The first-order valence-electron chi connectivity index (χ1n) is 10.9. The van der Waals surface area contributed by atoms with Gasteiger partial charge in [-0.3, -0.25) is 19.7 Å². The van der Waals surface area contributed by atoms with Crippen molar-refractivity contribution in [2.75, 3.05) is 13.1 Å². The lowest BCUT2D eigenvalue weighted by Gasteiger charge is -2.32. The number of nitrogens with one attached hydrogen (secondary N) is 1. The summed E-state index contributed by atoms with van der Waals surface area (Å²) in [5.41, 5.74) is 0.972. The molecule has 0 spiro atoms. The zero-order chi connectivity index (χ0) is 23.7. The summed E-state index contributed by atoms with van der Waals surface area (Å²) in [5, 5.41) is 19.5. The standard InChI is InChI=1S/C23H21N7O4/c31-22-19-21(29(27-26-19)13-15-7-2-1-3-8-15)24-20(25-22)16-9-6-12-28(14-16)23(32)17-10-4-5-11-18(17)30(33)34/h1-5,7-8,10-11,16H,6,9,12-14H2,(H,24,25,31)/t16-/m1/s1. The molecule has 0 aliphatic carbocycles. The van der Waals surface area contributed by atoms with Crippen molar-refractivity contribution in [3.05, 3.63) is 92.0 Å². The summed E-state index contributed by atoms with van der Waals surface area (Å²) in [5.74, 6) is -0.178. The first-order chi connectivity index (χ1) is 16.5. The monoisotopic (exact) mass is 459 g/mol. The van der Waals surface area contributed by atoms with Crippen molar-refractivity contribution in [3.8, 4) is 0 Å². The number of carbonyl (C=O) groups excluding carboxylic acids is 1. The Morgan fingerprint density at radius 3 is 2.71 bits per heavy atom. The van der Waals surface area contributed by atoms with E-state index in [2.05, 4.69) is 20.3 Å². The fourth-order valence-electron chi connectivity index (χ4n) is 4.31. The van der Waals surface area contributed by atoms with Gasteiger partial charge in [0, 0.05) is 25.1 Å². The zero-order valence-electron chi connectivity index (χ0n) is 18.1. The zero-order valence-corrected chi connectivity index (χ0v) is 18.1. The number of amides is 1. The van der Waals surface area contributed by atoms with Crippen LogP contribution in [0.2, 0.25) is 0 Å². The van der Waals surface area contributed by atoms with Gasteiger partial charge in [-0.05, 0) is 24.5 Å². The van der Waals surface area contributed by atoms with Crippen molar-refractivity contribution < 1.29 is 9.72 Å². The highest BCUT2D eigenvalue weighted by atomic mass is 16.6. The Labute approximate surface area is 193 Å². The summed E-state index contributed by atoms with van der Waals surface area (Å²) < 4.78 is 1.59. The molecular weight excluding hydrogens is 438 g/mol. The summed E-state index contributed by atoms with van der Waals surface area (Å²) in [6.45, 7) is 1.18. The largest absolute Gasteiger partial charge is 0.338 e. The predicted molar refractivity (Wildman–Crippen MR) is 122 cm³/mol. The van der Waals surface area contributed by atoms with E-state index in [1.54, 1.807) is 15.6 Å². The molecule has 1 N–H and O–H groups in total. The molecule has 1 aliphatic rings. The molecule has 4 aromatic rings. The Morgan fingerprint density at radius 1 is 1.15 bits per heavy atom. The predicted octanol–water partition coefficient (Wildman–Crippen LogP) is 2.49. The highest BCUT2D eigenvalue weighted by Gasteiger charge is 2.30. The van der Waals surface area contributed by atoms with Crippen molar-refractivity contribution in [2.45, 2.75) is 25.3 Å². The number of nitro benzene ring substituents is 1. The van der Waals surface area contributed by atoms with Crippen molar-refractivity contribution in [2.24, 2.45) is 0 Å². The van der Waals surface area contributed by atoms with Gasteiger partial charge in [0.25, 0.3) is 17.2 Å². The minimum atomic E-state index is -0.553. The van der Waals surface area contributed by atoms with Crippen LogP contribution in [-0.2, 0) is 6.54 Å². The van der Waals surface area contributed by atoms with Crippen molar-refractivity contribution >= 4 is 22.8 Å². The molecule has 3 heterocycles. The molecule has 1 atom stereocenters. The average molecular weight is 459 g/mol. The number of carbonyl (C=O) groups is 1. The Kier molecular flexibility index (Phi) is 5.58. The van der Waals surface area contributed by atoms with Gasteiger partial charge in [0.05, 0.1) is 11.5 Å².